The van der Waals surface area contributed by atoms with E-state index in [9.17, 15) is 9.18 Å². The Balaban J connectivity index is 0.00000160. The van der Waals surface area contributed by atoms with E-state index >= 15 is 0 Å². The van der Waals surface area contributed by atoms with E-state index in [-0.39, 0.29) is 43.4 Å². The molecule has 10 heteroatoms. The average Bonchev–Trinajstić information content (AvgIpc) is 3.51. The number of anilines is 1. The molecule has 0 aromatic carbocycles. The molecule has 1 spiro atoms. The summed E-state index contributed by atoms with van der Waals surface area (Å²) in [4.78, 5) is 25.9. The van der Waals surface area contributed by atoms with E-state index in [2.05, 4.69) is 19.8 Å². The van der Waals surface area contributed by atoms with Crippen molar-refractivity contribution in [2.45, 2.75) is 32.1 Å². The molecule has 0 radical (unpaired) electrons. The van der Waals surface area contributed by atoms with E-state index in [1.54, 1.807) is 12.4 Å². The molecule has 1 saturated carbocycles. The maximum atomic E-state index is 12.9. The summed E-state index contributed by atoms with van der Waals surface area (Å²) < 4.78 is 18.0. The lowest BCUT2D eigenvalue weighted by molar-refractivity contribution is -0.137. The number of hydrogen-bond donors (Lipinski definition) is 1. The summed E-state index contributed by atoms with van der Waals surface area (Å²) in [5.41, 5.74) is 5.61. The van der Waals surface area contributed by atoms with Crippen molar-refractivity contribution in [2.24, 2.45) is 17.1 Å². The minimum Gasteiger partial charge on any atom is -0.486 e. The fourth-order valence-electron chi connectivity index (χ4n) is 4.14. The zero-order valence-electron chi connectivity index (χ0n) is 17.0. The van der Waals surface area contributed by atoms with Crippen LogP contribution in [0.15, 0.2) is 24.3 Å². The largest absolute Gasteiger partial charge is 0.486 e. The van der Waals surface area contributed by atoms with E-state index in [0.29, 0.717) is 29.5 Å². The number of nitrogens with zero attached hydrogens (tertiary/aromatic N) is 4. The first-order valence-corrected chi connectivity index (χ1v) is 10.1. The molecule has 2 saturated heterocycles. The van der Waals surface area contributed by atoms with Gasteiger partial charge in [0.1, 0.15) is 6.61 Å². The van der Waals surface area contributed by atoms with E-state index in [1.807, 2.05) is 0 Å². The van der Waals surface area contributed by atoms with Crippen LogP contribution in [0.5, 0.6) is 5.75 Å². The van der Waals surface area contributed by atoms with Gasteiger partial charge in [-0.15, -0.1) is 24.8 Å². The van der Waals surface area contributed by atoms with Crippen molar-refractivity contribution in [3.05, 3.63) is 24.3 Å². The molecule has 2 N–H and O–H groups in total. The summed E-state index contributed by atoms with van der Waals surface area (Å²) in [6.07, 6.45) is 8.90. The fourth-order valence-corrected chi connectivity index (χ4v) is 4.14. The number of aromatic nitrogens is 2. The van der Waals surface area contributed by atoms with E-state index in [1.165, 1.54) is 12.8 Å². The Kier molecular flexibility index (Phi) is 8.70. The number of piperidine rings is 1. The van der Waals surface area contributed by atoms with Crippen LogP contribution in [0.3, 0.4) is 0 Å². The van der Waals surface area contributed by atoms with Gasteiger partial charge in [0, 0.05) is 38.3 Å². The van der Waals surface area contributed by atoms with Gasteiger partial charge in [-0.2, -0.15) is 0 Å². The first-order valence-electron chi connectivity index (χ1n) is 10.1. The first kappa shape index (κ1) is 24.6. The Labute approximate surface area is 189 Å². The summed E-state index contributed by atoms with van der Waals surface area (Å²) in [6, 6.07) is 0. The highest BCUT2D eigenvalue weighted by Gasteiger charge is 2.49. The molecule has 168 valence electrons. The summed E-state index contributed by atoms with van der Waals surface area (Å²) in [5, 5.41) is 0. The van der Waals surface area contributed by atoms with Gasteiger partial charge in [0.2, 0.25) is 11.9 Å². The van der Waals surface area contributed by atoms with Gasteiger partial charge in [-0.1, -0.05) is 0 Å². The van der Waals surface area contributed by atoms with Crippen molar-refractivity contribution in [3.8, 4) is 5.75 Å². The zero-order chi connectivity index (χ0) is 19.6. The highest BCUT2D eigenvalue weighted by molar-refractivity contribution is 5.86. The lowest BCUT2D eigenvalue weighted by atomic mass is 9.77. The number of rotatable bonds is 7. The highest BCUT2D eigenvalue weighted by atomic mass is 35.5. The predicted molar refractivity (Wildman–Crippen MR) is 118 cm³/mol. The standard InChI is InChI=1S/C20H28FN5O2.2ClH/c21-9-16(10-22)14-28-17-11-23-19(24-12-17)25-6-3-20(4-7-25)5-8-26(18(20)27)13-15-1-2-15;;/h9,11-12,15H,1-8,10,13-14,22H2;2*1H/b16-9+;;. The molecule has 3 aliphatic rings. The molecule has 2 aliphatic heterocycles. The maximum Gasteiger partial charge on any atom is 0.229 e. The topological polar surface area (TPSA) is 84.6 Å². The van der Waals surface area contributed by atoms with Crippen LogP contribution in [0.2, 0.25) is 0 Å². The van der Waals surface area contributed by atoms with E-state index in [0.717, 1.165) is 51.4 Å². The van der Waals surface area contributed by atoms with E-state index in [4.69, 9.17) is 10.5 Å². The van der Waals surface area contributed by atoms with Gasteiger partial charge in [-0.3, -0.25) is 4.79 Å². The van der Waals surface area contributed by atoms with Gasteiger partial charge >= 0.3 is 0 Å². The molecule has 4 rings (SSSR count). The van der Waals surface area contributed by atoms with Crippen LogP contribution in [0, 0.1) is 11.3 Å². The van der Waals surface area contributed by atoms with Crippen LogP contribution in [-0.4, -0.2) is 60.1 Å². The second-order valence-electron chi connectivity index (χ2n) is 8.19. The summed E-state index contributed by atoms with van der Waals surface area (Å²) in [5.74, 6) is 2.23. The number of ether oxygens (including phenoxy) is 1. The van der Waals surface area contributed by atoms with Crippen molar-refractivity contribution < 1.29 is 13.9 Å². The quantitative estimate of drug-likeness (QED) is 0.671. The molecule has 3 fully saturated rings. The molecular weight excluding hydrogens is 432 g/mol. The Morgan fingerprint density at radius 1 is 1.20 bits per heavy atom. The third kappa shape index (κ3) is 5.34. The minimum atomic E-state index is -0.175. The van der Waals surface area contributed by atoms with Gasteiger partial charge in [-0.05, 0) is 38.0 Å². The third-order valence-electron chi connectivity index (χ3n) is 6.24. The second-order valence-corrected chi connectivity index (χ2v) is 8.19. The lowest BCUT2D eigenvalue weighted by Crippen LogP contribution is -2.45. The normalized spacial score (nSPS) is 20.7. The number of hydrogen-bond acceptors (Lipinski definition) is 6. The third-order valence-corrected chi connectivity index (χ3v) is 6.24. The minimum absolute atomic E-state index is 0. The molecule has 1 aromatic heterocycles. The average molecular weight is 462 g/mol. The van der Waals surface area contributed by atoms with Crippen molar-refractivity contribution in [1.29, 1.82) is 0 Å². The van der Waals surface area contributed by atoms with E-state index < -0.39 is 0 Å². The van der Waals surface area contributed by atoms with Crippen LogP contribution < -0.4 is 15.4 Å². The van der Waals surface area contributed by atoms with Crippen molar-refractivity contribution >= 4 is 36.7 Å². The van der Waals surface area contributed by atoms with Crippen LogP contribution in [-0.2, 0) is 4.79 Å². The Morgan fingerprint density at radius 3 is 2.40 bits per heavy atom. The molecule has 1 aliphatic carbocycles. The Hall–Kier alpha value is -1.64. The molecule has 3 heterocycles. The number of carbonyl (C=O) groups excluding carboxylic acids is 1. The molecule has 7 nitrogen and oxygen atoms in total. The summed E-state index contributed by atoms with van der Waals surface area (Å²) in [6.45, 7) is 3.63. The van der Waals surface area contributed by atoms with Gasteiger partial charge in [0.05, 0.1) is 24.1 Å². The van der Waals surface area contributed by atoms with Crippen molar-refractivity contribution in [3.63, 3.8) is 0 Å². The van der Waals surface area contributed by atoms with Gasteiger partial charge in [0.15, 0.2) is 5.75 Å². The Morgan fingerprint density at radius 2 is 1.83 bits per heavy atom. The summed E-state index contributed by atoms with van der Waals surface area (Å²) >= 11 is 0. The van der Waals surface area contributed by atoms with Gasteiger partial charge in [0.25, 0.3) is 0 Å². The Bertz CT molecular complexity index is 737. The predicted octanol–water partition coefficient (Wildman–Crippen LogP) is 2.74. The monoisotopic (exact) mass is 461 g/mol. The highest BCUT2D eigenvalue weighted by Crippen LogP contribution is 2.43. The first-order chi connectivity index (χ1) is 13.6. The maximum absolute atomic E-state index is 12.9. The smallest absolute Gasteiger partial charge is 0.229 e. The summed E-state index contributed by atoms with van der Waals surface area (Å²) in [7, 11) is 0. The zero-order valence-corrected chi connectivity index (χ0v) is 18.6. The number of likely N-dealkylation sites (tertiary alicyclic amines) is 1. The van der Waals surface area contributed by atoms with Crippen LogP contribution in [0.4, 0.5) is 10.3 Å². The van der Waals surface area contributed by atoms with Crippen molar-refractivity contribution in [2.75, 3.05) is 44.2 Å². The number of halogens is 3. The SMILES string of the molecule is Cl.Cl.NC/C(=C\F)COc1cnc(N2CCC3(CCN(CC4CC4)C3=O)CC2)nc1. The van der Waals surface area contributed by atoms with Crippen molar-refractivity contribution in [1.82, 2.24) is 14.9 Å². The number of nitrogens with two attached hydrogens (primary N) is 1. The molecule has 1 aromatic rings. The van der Waals surface area contributed by atoms with Crippen LogP contribution in [0.1, 0.15) is 32.1 Å². The van der Waals surface area contributed by atoms with Crippen LogP contribution in [0.25, 0.3) is 0 Å². The fraction of sp³-hybridized carbons (Fsp3) is 0.650. The van der Waals surface area contributed by atoms with Crippen LogP contribution >= 0.6 is 24.8 Å². The number of amides is 1. The molecular formula is C20H30Cl2FN5O2. The molecule has 30 heavy (non-hydrogen) atoms. The molecule has 0 unspecified atom stereocenters. The number of carbonyl (C=O) groups is 1. The molecule has 1 amide bonds. The molecule has 0 bridgehead atoms. The van der Waals surface area contributed by atoms with Gasteiger partial charge in [-0.25, -0.2) is 14.4 Å². The lowest BCUT2D eigenvalue weighted by Gasteiger charge is -2.38. The van der Waals surface area contributed by atoms with Gasteiger partial charge < -0.3 is 20.3 Å². The second kappa shape index (κ2) is 10.6. The molecule has 0 atom stereocenters.